The van der Waals surface area contributed by atoms with Crippen LogP contribution in [-0.4, -0.2) is 22.4 Å². The summed E-state index contributed by atoms with van der Waals surface area (Å²) in [6, 6.07) is 9.19. The maximum absolute atomic E-state index is 12.1. The van der Waals surface area contributed by atoms with Crippen LogP contribution in [-0.2, 0) is 6.54 Å². The van der Waals surface area contributed by atoms with Crippen LogP contribution >= 0.6 is 0 Å². The van der Waals surface area contributed by atoms with E-state index in [2.05, 4.69) is 20.6 Å². The van der Waals surface area contributed by atoms with Gasteiger partial charge >= 0.3 is 0 Å². The normalized spacial score (nSPS) is 10.1. The highest BCUT2D eigenvalue weighted by atomic mass is 16.1. The van der Waals surface area contributed by atoms with E-state index < -0.39 is 0 Å². The van der Waals surface area contributed by atoms with Crippen LogP contribution in [0.3, 0.4) is 0 Å². The number of pyridine rings is 2. The van der Waals surface area contributed by atoms with Gasteiger partial charge in [0.15, 0.2) is 0 Å². The van der Waals surface area contributed by atoms with Gasteiger partial charge in [-0.3, -0.25) is 9.78 Å². The smallest absolute Gasteiger partial charge is 0.270 e. The third kappa shape index (κ3) is 3.54. The number of hydrogen-bond acceptors (Lipinski definition) is 4. The first-order chi connectivity index (χ1) is 9.70. The molecule has 0 radical (unpaired) electrons. The molecule has 0 atom stereocenters. The van der Waals surface area contributed by atoms with Crippen molar-refractivity contribution in [1.82, 2.24) is 15.3 Å². The van der Waals surface area contributed by atoms with Crippen molar-refractivity contribution in [3.05, 3.63) is 53.5 Å². The van der Waals surface area contributed by atoms with Crippen molar-refractivity contribution in [2.45, 2.75) is 20.4 Å². The Morgan fingerprint density at radius 2 is 2.10 bits per heavy atom. The number of carbonyl (C=O) groups is 1. The van der Waals surface area contributed by atoms with E-state index in [4.69, 9.17) is 0 Å². The number of aromatic nitrogens is 2. The number of carbonyl (C=O) groups excluding carboxylic acids is 1. The zero-order chi connectivity index (χ0) is 14.4. The monoisotopic (exact) mass is 270 g/mol. The molecule has 0 bridgehead atoms. The molecule has 2 N–H and O–H groups in total. The van der Waals surface area contributed by atoms with Crippen molar-refractivity contribution in [3.8, 4) is 0 Å². The Morgan fingerprint density at radius 3 is 2.85 bits per heavy atom. The van der Waals surface area contributed by atoms with Crippen LogP contribution in [0.5, 0.6) is 0 Å². The van der Waals surface area contributed by atoms with Crippen molar-refractivity contribution >= 4 is 11.7 Å². The van der Waals surface area contributed by atoms with Gasteiger partial charge in [-0.2, -0.15) is 0 Å². The van der Waals surface area contributed by atoms with Gasteiger partial charge in [0.1, 0.15) is 11.5 Å². The molecule has 0 aliphatic heterocycles. The number of nitrogens with one attached hydrogen (secondary N) is 2. The molecule has 2 aromatic rings. The predicted molar refractivity (Wildman–Crippen MR) is 78.5 cm³/mol. The van der Waals surface area contributed by atoms with Gasteiger partial charge in [-0.15, -0.1) is 0 Å². The van der Waals surface area contributed by atoms with E-state index in [1.165, 1.54) is 0 Å². The highest BCUT2D eigenvalue weighted by Gasteiger charge is 2.08. The second-order valence-corrected chi connectivity index (χ2v) is 4.39. The summed E-state index contributed by atoms with van der Waals surface area (Å²) in [5.74, 6) is 0.504. The minimum Gasteiger partial charge on any atom is -0.370 e. The Bertz CT molecular complexity index is 598. The molecule has 20 heavy (non-hydrogen) atoms. The molecule has 0 unspecified atom stereocenters. The van der Waals surface area contributed by atoms with Gasteiger partial charge in [0.2, 0.25) is 0 Å². The van der Waals surface area contributed by atoms with Crippen molar-refractivity contribution in [3.63, 3.8) is 0 Å². The SMILES string of the molecule is CCNc1cccc(C(=O)NCc2ncccc2C)n1. The summed E-state index contributed by atoms with van der Waals surface area (Å²) in [6.45, 7) is 5.13. The molecule has 0 spiro atoms. The first-order valence-corrected chi connectivity index (χ1v) is 6.60. The van der Waals surface area contributed by atoms with E-state index in [1.54, 1.807) is 12.3 Å². The lowest BCUT2D eigenvalue weighted by molar-refractivity contribution is 0.0945. The highest BCUT2D eigenvalue weighted by Crippen LogP contribution is 2.06. The van der Waals surface area contributed by atoms with Crippen molar-refractivity contribution in [2.75, 3.05) is 11.9 Å². The van der Waals surface area contributed by atoms with Crippen LogP contribution in [0.15, 0.2) is 36.5 Å². The zero-order valence-corrected chi connectivity index (χ0v) is 11.7. The molecule has 1 amide bonds. The molecule has 0 saturated heterocycles. The topological polar surface area (TPSA) is 66.9 Å². The molecule has 0 aliphatic carbocycles. The fraction of sp³-hybridized carbons (Fsp3) is 0.267. The molecule has 5 heteroatoms. The van der Waals surface area contributed by atoms with Crippen molar-refractivity contribution in [1.29, 1.82) is 0 Å². The van der Waals surface area contributed by atoms with E-state index in [9.17, 15) is 4.79 Å². The summed E-state index contributed by atoms with van der Waals surface area (Å²) in [7, 11) is 0. The standard InChI is InChI=1S/C15H18N4O/c1-3-16-14-8-4-7-12(19-14)15(20)18-10-13-11(2)6-5-9-17-13/h4-9H,3,10H2,1-2H3,(H,16,19)(H,18,20). The number of rotatable bonds is 5. The Labute approximate surface area is 118 Å². The lowest BCUT2D eigenvalue weighted by Crippen LogP contribution is -2.25. The Kier molecular flexibility index (Phi) is 4.65. The van der Waals surface area contributed by atoms with Crippen LogP contribution in [0.25, 0.3) is 0 Å². The quantitative estimate of drug-likeness (QED) is 0.873. The highest BCUT2D eigenvalue weighted by molar-refractivity contribution is 5.92. The van der Waals surface area contributed by atoms with Gasteiger partial charge in [-0.25, -0.2) is 4.98 Å². The van der Waals surface area contributed by atoms with Gasteiger partial charge < -0.3 is 10.6 Å². The second-order valence-electron chi connectivity index (χ2n) is 4.39. The second kappa shape index (κ2) is 6.65. The maximum Gasteiger partial charge on any atom is 0.270 e. The third-order valence-corrected chi connectivity index (χ3v) is 2.87. The Hall–Kier alpha value is -2.43. The molecule has 2 heterocycles. The molecule has 0 aromatic carbocycles. The molecular formula is C15H18N4O. The number of nitrogens with zero attached hydrogens (tertiary/aromatic N) is 2. The number of amides is 1. The van der Waals surface area contributed by atoms with Crippen LogP contribution in [0.2, 0.25) is 0 Å². The largest absolute Gasteiger partial charge is 0.370 e. The zero-order valence-electron chi connectivity index (χ0n) is 11.7. The van der Waals surface area contributed by atoms with E-state index in [-0.39, 0.29) is 5.91 Å². The van der Waals surface area contributed by atoms with Gasteiger partial charge in [0, 0.05) is 12.7 Å². The summed E-state index contributed by atoms with van der Waals surface area (Å²) in [5.41, 5.74) is 2.32. The lowest BCUT2D eigenvalue weighted by atomic mass is 10.2. The predicted octanol–water partition coefficient (Wildman–Crippen LogP) is 2.15. The van der Waals surface area contributed by atoms with Crippen LogP contribution < -0.4 is 10.6 Å². The van der Waals surface area contributed by atoms with Crippen molar-refractivity contribution < 1.29 is 4.79 Å². The van der Waals surface area contributed by atoms with Gasteiger partial charge in [-0.1, -0.05) is 12.1 Å². The average molecular weight is 270 g/mol. The van der Waals surface area contributed by atoms with E-state index in [0.717, 1.165) is 17.8 Å². The van der Waals surface area contributed by atoms with Crippen molar-refractivity contribution in [2.24, 2.45) is 0 Å². The maximum atomic E-state index is 12.1. The fourth-order valence-corrected chi connectivity index (χ4v) is 1.80. The minimum absolute atomic E-state index is 0.199. The van der Waals surface area contributed by atoms with E-state index >= 15 is 0 Å². The molecule has 2 rings (SSSR count). The summed E-state index contributed by atoms with van der Waals surface area (Å²) < 4.78 is 0. The molecular weight excluding hydrogens is 252 g/mol. The summed E-state index contributed by atoms with van der Waals surface area (Å²) in [5, 5.41) is 5.92. The first kappa shape index (κ1) is 14.0. The van der Waals surface area contributed by atoms with Gasteiger partial charge in [0.25, 0.3) is 5.91 Å². The van der Waals surface area contributed by atoms with Crippen LogP contribution in [0, 0.1) is 6.92 Å². The summed E-state index contributed by atoms with van der Waals surface area (Å²) >= 11 is 0. The van der Waals surface area contributed by atoms with Gasteiger partial charge in [-0.05, 0) is 37.6 Å². The molecule has 0 fully saturated rings. The molecule has 2 aromatic heterocycles. The summed E-state index contributed by atoms with van der Waals surface area (Å²) in [4.78, 5) is 20.6. The summed E-state index contributed by atoms with van der Waals surface area (Å²) in [6.07, 6.45) is 1.72. The van der Waals surface area contributed by atoms with E-state index in [1.807, 2.05) is 38.1 Å². The number of hydrogen-bond donors (Lipinski definition) is 2. The van der Waals surface area contributed by atoms with Crippen LogP contribution in [0.1, 0.15) is 28.7 Å². The minimum atomic E-state index is -0.199. The van der Waals surface area contributed by atoms with Gasteiger partial charge in [0.05, 0.1) is 12.2 Å². The Morgan fingerprint density at radius 1 is 1.25 bits per heavy atom. The molecule has 5 nitrogen and oxygen atoms in total. The first-order valence-electron chi connectivity index (χ1n) is 6.60. The lowest BCUT2D eigenvalue weighted by Gasteiger charge is -2.08. The number of anilines is 1. The van der Waals surface area contributed by atoms with E-state index in [0.29, 0.717) is 18.1 Å². The molecule has 0 saturated carbocycles. The Balaban J connectivity index is 2.01. The average Bonchev–Trinajstić information content (AvgIpc) is 2.47. The number of aryl methyl sites for hydroxylation is 1. The third-order valence-electron chi connectivity index (χ3n) is 2.87. The molecule has 104 valence electrons. The fourth-order valence-electron chi connectivity index (χ4n) is 1.80. The molecule has 0 aliphatic rings. The van der Waals surface area contributed by atoms with Crippen LogP contribution in [0.4, 0.5) is 5.82 Å².